The fraction of sp³-hybridized carbons (Fsp3) is 0.938. The normalized spacial score (nSPS) is 32.0. The Kier molecular flexibility index (Phi) is 4.94. The van der Waals surface area contributed by atoms with Gasteiger partial charge in [-0.05, 0) is 70.5 Å². The Balaban J connectivity index is 1.36. The smallest absolute Gasteiger partial charge is 0.220 e. The standard InChI is InChI=1S/C16H29N3O/c20-16(4-3-13-5-8-17-9-6-13)18-14-7-11-19-10-1-2-15(19)12-14/h13-15,17H,1-12H2,(H,18,20). The third kappa shape index (κ3) is 3.73. The lowest BCUT2D eigenvalue weighted by atomic mass is 9.92. The molecule has 0 spiro atoms. The highest BCUT2D eigenvalue weighted by atomic mass is 16.1. The van der Waals surface area contributed by atoms with Crippen LogP contribution < -0.4 is 10.6 Å². The number of hydrogen-bond donors (Lipinski definition) is 2. The van der Waals surface area contributed by atoms with Gasteiger partial charge in [0.25, 0.3) is 0 Å². The Morgan fingerprint density at radius 3 is 2.85 bits per heavy atom. The predicted molar refractivity (Wildman–Crippen MR) is 80.6 cm³/mol. The van der Waals surface area contributed by atoms with Gasteiger partial charge in [-0.15, -0.1) is 0 Å². The van der Waals surface area contributed by atoms with Crippen molar-refractivity contribution in [2.75, 3.05) is 26.2 Å². The number of fused-ring (bicyclic) bond motifs is 1. The molecule has 4 heteroatoms. The Labute approximate surface area is 122 Å². The summed E-state index contributed by atoms with van der Waals surface area (Å²) in [7, 11) is 0. The van der Waals surface area contributed by atoms with Crippen LogP contribution in [0.4, 0.5) is 0 Å². The summed E-state index contributed by atoms with van der Waals surface area (Å²) in [5, 5.41) is 6.67. The quantitative estimate of drug-likeness (QED) is 0.820. The minimum atomic E-state index is 0.292. The van der Waals surface area contributed by atoms with Crippen LogP contribution in [0.5, 0.6) is 0 Å². The summed E-state index contributed by atoms with van der Waals surface area (Å²) >= 11 is 0. The maximum Gasteiger partial charge on any atom is 0.220 e. The van der Waals surface area contributed by atoms with E-state index in [4.69, 9.17) is 0 Å². The summed E-state index contributed by atoms with van der Waals surface area (Å²) in [4.78, 5) is 14.7. The van der Waals surface area contributed by atoms with E-state index in [0.717, 1.165) is 44.3 Å². The Morgan fingerprint density at radius 1 is 1.15 bits per heavy atom. The first kappa shape index (κ1) is 14.3. The van der Waals surface area contributed by atoms with E-state index < -0.39 is 0 Å². The fourth-order valence-electron chi connectivity index (χ4n) is 4.16. The van der Waals surface area contributed by atoms with Crippen molar-refractivity contribution in [1.82, 2.24) is 15.5 Å². The van der Waals surface area contributed by atoms with Crippen LogP contribution in [0, 0.1) is 5.92 Å². The van der Waals surface area contributed by atoms with Crippen LogP contribution in [0.1, 0.15) is 51.4 Å². The number of nitrogens with one attached hydrogen (secondary N) is 2. The van der Waals surface area contributed by atoms with E-state index in [0.29, 0.717) is 11.9 Å². The highest BCUT2D eigenvalue weighted by Gasteiger charge is 2.32. The van der Waals surface area contributed by atoms with Gasteiger partial charge in [0.05, 0.1) is 0 Å². The van der Waals surface area contributed by atoms with Crippen LogP contribution in [-0.2, 0) is 4.79 Å². The van der Waals surface area contributed by atoms with Gasteiger partial charge in [-0.3, -0.25) is 4.79 Å². The summed E-state index contributed by atoms with van der Waals surface area (Å²) < 4.78 is 0. The number of piperidine rings is 2. The van der Waals surface area contributed by atoms with Crippen molar-refractivity contribution in [1.29, 1.82) is 0 Å². The minimum absolute atomic E-state index is 0.292. The first-order valence-corrected chi connectivity index (χ1v) is 8.55. The van der Waals surface area contributed by atoms with Crippen LogP contribution in [-0.4, -0.2) is 49.1 Å². The topological polar surface area (TPSA) is 44.4 Å². The molecule has 3 fully saturated rings. The van der Waals surface area contributed by atoms with Crippen LogP contribution in [0.15, 0.2) is 0 Å². The molecule has 0 radical (unpaired) electrons. The molecule has 3 saturated heterocycles. The molecule has 2 unspecified atom stereocenters. The summed E-state index contributed by atoms with van der Waals surface area (Å²) in [6.45, 7) is 4.73. The fourth-order valence-corrected chi connectivity index (χ4v) is 4.16. The molecule has 3 aliphatic rings. The first-order valence-electron chi connectivity index (χ1n) is 8.55. The molecule has 4 nitrogen and oxygen atoms in total. The zero-order chi connectivity index (χ0) is 13.8. The van der Waals surface area contributed by atoms with Crippen molar-refractivity contribution in [3.63, 3.8) is 0 Å². The van der Waals surface area contributed by atoms with Crippen LogP contribution in [0.3, 0.4) is 0 Å². The highest BCUT2D eigenvalue weighted by Crippen LogP contribution is 2.27. The van der Waals surface area contributed by atoms with Gasteiger partial charge in [-0.1, -0.05) is 0 Å². The molecule has 3 aliphatic heterocycles. The van der Waals surface area contributed by atoms with Gasteiger partial charge in [-0.25, -0.2) is 0 Å². The van der Waals surface area contributed by atoms with Gasteiger partial charge in [0, 0.05) is 25.0 Å². The highest BCUT2D eigenvalue weighted by molar-refractivity contribution is 5.76. The van der Waals surface area contributed by atoms with Gasteiger partial charge >= 0.3 is 0 Å². The average Bonchev–Trinajstić information content (AvgIpc) is 2.94. The van der Waals surface area contributed by atoms with Crippen LogP contribution in [0.25, 0.3) is 0 Å². The lowest BCUT2D eigenvalue weighted by Gasteiger charge is -2.35. The molecule has 0 bridgehead atoms. The minimum Gasteiger partial charge on any atom is -0.353 e. The Morgan fingerprint density at radius 2 is 2.00 bits per heavy atom. The molecule has 20 heavy (non-hydrogen) atoms. The summed E-state index contributed by atoms with van der Waals surface area (Å²) in [6, 6.07) is 1.19. The third-order valence-electron chi connectivity index (χ3n) is 5.42. The average molecular weight is 279 g/mol. The second kappa shape index (κ2) is 6.90. The van der Waals surface area contributed by atoms with Crippen LogP contribution in [0.2, 0.25) is 0 Å². The Hall–Kier alpha value is -0.610. The van der Waals surface area contributed by atoms with Crippen LogP contribution >= 0.6 is 0 Å². The zero-order valence-electron chi connectivity index (χ0n) is 12.6. The lowest BCUT2D eigenvalue weighted by Crippen LogP contribution is -2.47. The molecule has 0 aromatic carbocycles. The largest absolute Gasteiger partial charge is 0.353 e. The molecule has 0 aromatic heterocycles. The molecule has 2 atom stereocenters. The number of carbonyl (C=O) groups is 1. The van der Waals surface area contributed by atoms with Crippen molar-refractivity contribution in [3.8, 4) is 0 Å². The molecular weight excluding hydrogens is 250 g/mol. The predicted octanol–water partition coefficient (Wildman–Crippen LogP) is 1.51. The summed E-state index contributed by atoms with van der Waals surface area (Å²) in [6.07, 6.45) is 9.31. The molecule has 3 rings (SSSR count). The summed E-state index contributed by atoms with van der Waals surface area (Å²) in [5.41, 5.74) is 0. The third-order valence-corrected chi connectivity index (χ3v) is 5.42. The number of amides is 1. The molecule has 1 amide bonds. The van der Waals surface area contributed by atoms with Crippen molar-refractivity contribution in [2.24, 2.45) is 5.92 Å². The van der Waals surface area contributed by atoms with E-state index in [1.165, 1.54) is 45.2 Å². The van der Waals surface area contributed by atoms with Crippen molar-refractivity contribution >= 4 is 5.91 Å². The molecule has 0 aromatic rings. The molecule has 3 heterocycles. The Bertz CT molecular complexity index is 328. The molecule has 0 saturated carbocycles. The second-order valence-corrected chi connectivity index (χ2v) is 6.85. The number of hydrogen-bond acceptors (Lipinski definition) is 3. The maximum absolute atomic E-state index is 12.1. The van der Waals surface area contributed by atoms with E-state index in [-0.39, 0.29) is 0 Å². The van der Waals surface area contributed by atoms with Gasteiger partial charge in [0.1, 0.15) is 0 Å². The number of rotatable bonds is 4. The van der Waals surface area contributed by atoms with E-state index in [1.807, 2.05) is 0 Å². The zero-order valence-corrected chi connectivity index (χ0v) is 12.6. The van der Waals surface area contributed by atoms with Gasteiger partial charge in [0.15, 0.2) is 0 Å². The van der Waals surface area contributed by atoms with Crippen molar-refractivity contribution in [2.45, 2.75) is 63.5 Å². The van der Waals surface area contributed by atoms with Gasteiger partial charge < -0.3 is 15.5 Å². The van der Waals surface area contributed by atoms with Crippen molar-refractivity contribution in [3.05, 3.63) is 0 Å². The lowest BCUT2D eigenvalue weighted by molar-refractivity contribution is -0.122. The number of carbonyl (C=O) groups excluding carboxylic acids is 1. The van der Waals surface area contributed by atoms with E-state index >= 15 is 0 Å². The van der Waals surface area contributed by atoms with E-state index in [1.54, 1.807) is 0 Å². The SMILES string of the molecule is O=C(CCC1CCNCC1)NC1CCN2CCCC2C1. The van der Waals surface area contributed by atoms with Gasteiger partial charge in [0.2, 0.25) is 5.91 Å². The number of nitrogens with zero attached hydrogens (tertiary/aromatic N) is 1. The molecule has 114 valence electrons. The monoisotopic (exact) mass is 279 g/mol. The molecule has 0 aliphatic carbocycles. The van der Waals surface area contributed by atoms with E-state index in [2.05, 4.69) is 15.5 Å². The van der Waals surface area contributed by atoms with Gasteiger partial charge in [-0.2, -0.15) is 0 Å². The molecular formula is C16H29N3O. The van der Waals surface area contributed by atoms with Crippen molar-refractivity contribution < 1.29 is 4.79 Å². The molecule has 2 N–H and O–H groups in total. The maximum atomic E-state index is 12.1. The second-order valence-electron chi connectivity index (χ2n) is 6.85. The summed E-state index contributed by atoms with van der Waals surface area (Å²) in [5.74, 6) is 1.05. The first-order chi connectivity index (χ1) is 9.81. The van der Waals surface area contributed by atoms with E-state index in [9.17, 15) is 4.79 Å².